The Bertz CT molecular complexity index is 1020. The Labute approximate surface area is 162 Å². The molecular weight excluding hydrogens is 356 g/mol. The molecule has 1 heterocycles. The number of aromatic carboxylic acids is 1. The summed E-state index contributed by atoms with van der Waals surface area (Å²) in [5.41, 5.74) is 9.44. The van der Waals surface area contributed by atoms with E-state index in [1.54, 1.807) is 18.2 Å². The van der Waals surface area contributed by atoms with E-state index in [0.29, 0.717) is 29.3 Å². The second-order valence-electron chi connectivity index (χ2n) is 6.27. The van der Waals surface area contributed by atoms with Crippen molar-refractivity contribution in [2.75, 3.05) is 10.6 Å². The largest absolute Gasteiger partial charge is 0.478 e. The predicted octanol–water partition coefficient (Wildman–Crippen LogP) is 3.54. The summed E-state index contributed by atoms with van der Waals surface area (Å²) < 4.78 is 0. The van der Waals surface area contributed by atoms with E-state index in [9.17, 15) is 9.59 Å². The van der Waals surface area contributed by atoms with Gasteiger partial charge in [-0.05, 0) is 42.3 Å². The fourth-order valence-corrected chi connectivity index (χ4v) is 2.71. The lowest BCUT2D eigenvalue weighted by Crippen LogP contribution is -2.15. The Morgan fingerprint density at radius 2 is 1.82 bits per heavy atom. The number of nitrogens with zero attached hydrogens (tertiary/aromatic N) is 1. The molecule has 1 amide bonds. The number of pyridine rings is 1. The lowest BCUT2D eigenvalue weighted by atomic mass is 10.1. The van der Waals surface area contributed by atoms with Crippen LogP contribution in [0.1, 0.15) is 31.8 Å². The number of carbonyl (C=O) groups excluding carboxylic acids is 1. The molecule has 5 N–H and O–H groups in total. The summed E-state index contributed by atoms with van der Waals surface area (Å²) in [6.45, 7) is 2.55. The molecule has 2 aromatic carbocycles. The molecule has 0 aliphatic rings. The zero-order chi connectivity index (χ0) is 20.1. The average Bonchev–Trinajstić information content (AvgIpc) is 2.67. The quantitative estimate of drug-likeness (QED) is 0.501. The van der Waals surface area contributed by atoms with E-state index in [1.165, 1.54) is 18.3 Å². The van der Waals surface area contributed by atoms with E-state index in [4.69, 9.17) is 10.8 Å². The number of primary amides is 1. The van der Waals surface area contributed by atoms with Crippen molar-refractivity contribution in [1.29, 1.82) is 0 Å². The van der Waals surface area contributed by atoms with Crippen LogP contribution in [-0.2, 0) is 6.54 Å². The van der Waals surface area contributed by atoms with Crippen LogP contribution in [0, 0.1) is 6.92 Å². The second kappa shape index (κ2) is 8.22. The summed E-state index contributed by atoms with van der Waals surface area (Å²) >= 11 is 0. The normalized spacial score (nSPS) is 10.3. The average molecular weight is 376 g/mol. The van der Waals surface area contributed by atoms with Crippen molar-refractivity contribution in [3.05, 3.63) is 83.0 Å². The predicted molar refractivity (Wildman–Crippen MR) is 108 cm³/mol. The van der Waals surface area contributed by atoms with Crippen molar-refractivity contribution in [2.24, 2.45) is 5.73 Å². The Balaban J connectivity index is 1.81. The molecule has 0 fully saturated rings. The Hall–Kier alpha value is -3.87. The first-order valence-corrected chi connectivity index (χ1v) is 8.62. The maximum absolute atomic E-state index is 11.7. The molecule has 0 aliphatic carbocycles. The highest BCUT2D eigenvalue weighted by atomic mass is 16.4. The SMILES string of the molecule is Cc1ccccc1CNc1cc(Nc2ccc(C(=O)O)cc2)ncc1C(N)=O. The van der Waals surface area contributed by atoms with Crippen LogP contribution >= 0.6 is 0 Å². The third kappa shape index (κ3) is 4.45. The highest BCUT2D eigenvalue weighted by Crippen LogP contribution is 2.23. The van der Waals surface area contributed by atoms with Crippen molar-refractivity contribution in [3.63, 3.8) is 0 Å². The highest BCUT2D eigenvalue weighted by Gasteiger charge is 2.11. The number of amides is 1. The van der Waals surface area contributed by atoms with E-state index in [2.05, 4.69) is 15.6 Å². The van der Waals surface area contributed by atoms with Crippen LogP contribution in [0.2, 0.25) is 0 Å². The van der Waals surface area contributed by atoms with Gasteiger partial charge in [-0.2, -0.15) is 0 Å². The summed E-state index contributed by atoms with van der Waals surface area (Å²) in [4.78, 5) is 26.9. The van der Waals surface area contributed by atoms with Gasteiger partial charge in [-0.25, -0.2) is 9.78 Å². The molecule has 1 aromatic heterocycles. The van der Waals surface area contributed by atoms with Crippen LogP contribution in [0.15, 0.2) is 60.8 Å². The molecule has 7 heteroatoms. The van der Waals surface area contributed by atoms with Crippen molar-refractivity contribution in [3.8, 4) is 0 Å². The minimum Gasteiger partial charge on any atom is -0.478 e. The molecule has 0 saturated heterocycles. The molecule has 0 bridgehead atoms. The van der Waals surface area contributed by atoms with Gasteiger partial charge in [0.25, 0.3) is 5.91 Å². The fraction of sp³-hybridized carbons (Fsp3) is 0.0952. The number of carboxylic acids is 1. The van der Waals surface area contributed by atoms with Gasteiger partial charge in [-0.1, -0.05) is 24.3 Å². The summed E-state index contributed by atoms with van der Waals surface area (Å²) in [6.07, 6.45) is 1.41. The van der Waals surface area contributed by atoms with Crippen LogP contribution < -0.4 is 16.4 Å². The first kappa shape index (κ1) is 18.9. The van der Waals surface area contributed by atoms with Crippen LogP contribution in [0.4, 0.5) is 17.2 Å². The lowest BCUT2D eigenvalue weighted by molar-refractivity contribution is 0.0696. The van der Waals surface area contributed by atoms with Crippen molar-refractivity contribution < 1.29 is 14.7 Å². The summed E-state index contributed by atoms with van der Waals surface area (Å²) in [7, 11) is 0. The van der Waals surface area contributed by atoms with Gasteiger partial charge in [-0.3, -0.25) is 4.79 Å². The van der Waals surface area contributed by atoms with Crippen LogP contribution in [0.5, 0.6) is 0 Å². The number of hydrogen-bond acceptors (Lipinski definition) is 5. The molecule has 0 spiro atoms. The molecule has 142 valence electrons. The zero-order valence-corrected chi connectivity index (χ0v) is 15.3. The van der Waals surface area contributed by atoms with Gasteiger partial charge in [-0.15, -0.1) is 0 Å². The molecule has 0 atom stereocenters. The summed E-state index contributed by atoms with van der Waals surface area (Å²) in [5, 5.41) is 15.3. The third-order valence-corrected chi connectivity index (χ3v) is 4.30. The molecular formula is C21H20N4O3. The lowest BCUT2D eigenvalue weighted by Gasteiger charge is -2.14. The number of carboxylic acid groups (broad SMARTS) is 1. The topological polar surface area (TPSA) is 117 Å². The molecule has 7 nitrogen and oxygen atoms in total. The van der Waals surface area contributed by atoms with E-state index in [0.717, 1.165) is 11.1 Å². The summed E-state index contributed by atoms with van der Waals surface area (Å²) in [6, 6.07) is 15.9. The molecule has 3 rings (SSSR count). The van der Waals surface area contributed by atoms with Gasteiger partial charge in [0, 0.05) is 24.5 Å². The first-order chi connectivity index (χ1) is 13.4. The fourth-order valence-electron chi connectivity index (χ4n) is 2.71. The minimum absolute atomic E-state index is 0.197. The van der Waals surface area contributed by atoms with E-state index >= 15 is 0 Å². The van der Waals surface area contributed by atoms with E-state index < -0.39 is 11.9 Å². The molecule has 0 saturated carbocycles. The van der Waals surface area contributed by atoms with Gasteiger partial charge >= 0.3 is 5.97 Å². The molecule has 0 unspecified atom stereocenters. The number of benzene rings is 2. The second-order valence-corrected chi connectivity index (χ2v) is 6.27. The van der Waals surface area contributed by atoms with Crippen molar-refractivity contribution in [2.45, 2.75) is 13.5 Å². The standard InChI is InChI=1S/C21H20N4O3/c1-13-4-2-3-5-15(13)11-23-18-10-19(24-12-17(18)20(22)26)25-16-8-6-14(7-9-16)21(27)28/h2-10,12H,11H2,1H3,(H2,22,26)(H,27,28)(H2,23,24,25). The summed E-state index contributed by atoms with van der Waals surface area (Å²) in [5.74, 6) is -1.06. The van der Waals surface area contributed by atoms with Crippen LogP contribution in [-0.4, -0.2) is 22.0 Å². The van der Waals surface area contributed by atoms with Crippen LogP contribution in [0.3, 0.4) is 0 Å². The number of nitrogens with two attached hydrogens (primary N) is 1. The Morgan fingerprint density at radius 1 is 1.11 bits per heavy atom. The molecule has 0 aliphatic heterocycles. The Morgan fingerprint density at radius 3 is 2.46 bits per heavy atom. The number of carbonyl (C=O) groups is 2. The van der Waals surface area contributed by atoms with Gasteiger partial charge in [0.05, 0.1) is 16.8 Å². The van der Waals surface area contributed by atoms with E-state index in [-0.39, 0.29) is 5.56 Å². The maximum Gasteiger partial charge on any atom is 0.335 e. The number of hydrogen-bond donors (Lipinski definition) is 4. The minimum atomic E-state index is -0.988. The van der Waals surface area contributed by atoms with Gasteiger partial charge in [0.15, 0.2) is 0 Å². The smallest absolute Gasteiger partial charge is 0.335 e. The van der Waals surface area contributed by atoms with Gasteiger partial charge < -0.3 is 21.5 Å². The zero-order valence-electron chi connectivity index (χ0n) is 15.3. The number of aromatic nitrogens is 1. The van der Waals surface area contributed by atoms with Crippen LogP contribution in [0.25, 0.3) is 0 Å². The monoisotopic (exact) mass is 376 g/mol. The molecule has 0 radical (unpaired) electrons. The number of nitrogens with one attached hydrogen (secondary N) is 2. The third-order valence-electron chi connectivity index (χ3n) is 4.30. The highest BCUT2D eigenvalue weighted by molar-refractivity contribution is 5.98. The number of rotatable bonds is 7. The van der Waals surface area contributed by atoms with Crippen molar-refractivity contribution >= 4 is 29.1 Å². The first-order valence-electron chi connectivity index (χ1n) is 8.62. The molecule has 28 heavy (non-hydrogen) atoms. The Kier molecular flexibility index (Phi) is 5.55. The maximum atomic E-state index is 11.7. The molecule has 3 aromatic rings. The van der Waals surface area contributed by atoms with Crippen molar-refractivity contribution in [1.82, 2.24) is 4.98 Å². The van der Waals surface area contributed by atoms with E-state index in [1.807, 2.05) is 31.2 Å². The number of anilines is 3. The van der Waals surface area contributed by atoms with Gasteiger partial charge in [0.2, 0.25) is 0 Å². The van der Waals surface area contributed by atoms with Gasteiger partial charge in [0.1, 0.15) is 5.82 Å². The number of aryl methyl sites for hydroxylation is 1.